The van der Waals surface area contributed by atoms with E-state index in [4.69, 9.17) is 0 Å². The smallest absolute Gasteiger partial charge is 0.119 e. The van der Waals surface area contributed by atoms with Crippen molar-refractivity contribution in [3.63, 3.8) is 0 Å². The molecule has 0 aromatic heterocycles. The van der Waals surface area contributed by atoms with Crippen molar-refractivity contribution in [2.45, 2.75) is 31.9 Å². The van der Waals surface area contributed by atoms with E-state index >= 15 is 0 Å². The third-order valence-corrected chi connectivity index (χ3v) is 5.03. The van der Waals surface area contributed by atoms with Gasteiger partial charge in [0.15, 0.2) is 0 Å². The van der Waals surface area contributed by atoms with Crippen molar-refractivity contribution < 1.29 is 10.2 Å². The number of hydrogen-bond acceptors (Lipinski definition) is 3. The molecule has 2 atom stereocenters. The zero-order chi connectivity index (χ0) is 19.1. The van der Waals surface area contributed by atoms with E-state index in [-0.39, 0.29) is 24.3 Å². The van der Waals surface area contributed by atoms with Gasteiger partial charge in [0.2, 0.25) is 0 Å². The minimum Gasteiger partial charge on any atom is -0.508 e. The fourth-order valence-corrected chi connectivity index (χ4v) is 3.47. The Morgan fingerprint density at radius 1 is 0.852 bits per heavy atom. The highest BCUT2D eigenvalue weighted by Crippen LogP contribution is 2.34. The fraction of sp³-hybridized carbons (Fsp3) is 0.250. The normalized spacial score (nSPS) is 13.3. The van der Waals surface area contributed by atoms with Gasteiger partial charge in [0, 0.05) is 17.5 Å². The topological polar surface area (TPSA) is 52.5 Å². The molecule has 27 heavy (non-hydrogen) atoms. The van der Waals surface area contributed by atoms with E-state index in [0.717, 1.165) is 29.7 Å². The first kappa shape index (κ1) is 19.2. The molecular formula is C24H27NO2. The van der Waals surface area contributed by atoms with Gasteiger partial charge in [-0.2, -0.15) is 0 Å². The third kappa shape index (κ3) is 4.97. The van der Waals surface area contributed by atoms with Crippen molar-refractivity contribution in [1.82, 2.24) is 5.32 Å². The predicted molar refractivity (Wildman–Crippen MR) is 110 cm³/mol. The van der Waals surface area contributed by atoms with Gasteiger partial charge >= 0.3 is 0 Å². The lowest BCUT2D eigenvalue weighted by Crippen LogP contribution is -2.22. The number of nitrogens with one attached hydrogen (secondary N) is 1. The molecule has 0 saturated heterocycles. The first-order valence-electron chi connectivity index (χ1n) is 9.45. The van der Waals surface area contributed by atoms with Crippen LogP contribution in [0.15, 0.2) is 78.9 Å². The Balaban J connectivity index is 1.77. The van der Waals surface area contributed by atoms with Crippen LogP contribution in [0.3, 0.4) is 0 Å². The number of phenols is 1. The molecule has 3 N–H and O–H groups in total. The van der Waals surface area contributed by atoms with Crippen LogP contribution in [-0.2, 0) is 6.61 Å². The summed E-state index contributed by atoms with van der Waals surface area (Å²) < 4.78 is 0. The second-order valence-electron chi connectivity index (χ2n) is 6.89. The molecule has 3 aromatic carbocycles. The van der Waals surface area contributed by atoms with E-state index in [1.807, 2.05) is 30.3 Å². The minimum atomic E-state index is -0.0297. The molecule has 0 heterocycles. The lowest BCUT2D eigenvalue weighted by Gasteiger charge is -2.22. The lowest BCUT2D eigenvalue weighted by atomic mass is 9.87. The van der Waals surface area contributed by atoms with Crippen molar-refractivity contribution in [1.29, 1.82) is 0 Å². The summed E-state index contributed by atoms with van der Waals surface area (Å²) in [5, 5.41) is 23.5. The Labute approximate surface area is 161 Å². The quantitative estimate of drug-likeness (QED) is 0.542. The maximum absolute atomic E-state index is 10.4. The summed E-state index contributed by atoms with van der Waals surface area (Å²) in [7, 11) is 0. The molecule has 0 fully saturated rings. The van der Waals surface area contributed by atoms with E-state index in [9.17, 15) is 10.2 Å². The van der Waals surface area contributed by atoms with Crippen LogP contribution in [-0.4, -0.2) is 16.8 Å². The molecule has 0 aliphatic heterocycles. The SMILES string of the molecule is C[C@@H](NCC[C@H](c1ccccc1)c1cc(CO)ccc1O)c1ccccc1. The summed E-state index contributed by atoms with van der Waals surface area (Å²) in [5.74, 6) is 0.338. The van der Waals surface area contributed by atoms with E-state index in [0.29, 0.717) is 0 Å². The highest BCUT2D eigenvalue weighted by Gasteiger charge is 2.18. The van der Waals surface area contributed by atoms with E-state index < -0.39 is 0 Å². The summed E-state index contributed by atoms with van der Waals surface area (Å²) in [6.45, 7) is 2.95. The van der Waals surface area contributed by atoms with Crippen LogP contribution in [0.25, 0.3) is 0 Å². The molecule has 0 bridgehead atoms. The number of phenolic OH excluding ortho intramolecular Hbond substituents is 1. The fourth-order valence-electron chi connectivity index (χ4n) is 3.47. The number of aliphatic hydroxyl groups is 1. The lowest BCUT2D eigenvalue weighted by molar-refractivity contribution is 0.281. The van der Waals surface area contributed by atoms with Crippen LogP contribution >= 0.6 is 0 Å². The molecule has 3 rings (SSSR count). The number of hydrogen-bond donors (Lipinski definition) is 3. The second-order valence-corrected chi connectivity index (χ2v) is 6.89. The number of aliphatic hydroxyl groups excluding tert-OH is 1. The van der Waals surface area contributed by atoms with Crippen LogP contribution in [0, 0.1) is 0 Å². The highest BCUT2D eigenvalue weighted by molar-refractivity contribution is 5.43. The Bertz CT molecular complexity index is 834. The van der Waals surface area contributed by atoms with Gasteiger partial charge in [0.1, 0.15) is 5.75 Å². The first-order chi connectivity index (χ1) is 13.2. The average Bonchev–Trinajstić information content (AvgIpc) is 2.73. The van der Waals surface area contributed by atoms with Gasteiger partial charge in [-0.05, 0) is 48.7 Å². The summed E-state index contributed by atoms with van der Waals surface area (Å²) in [6, 6.07) is 26.2. The van der Waals surface area contributed by atoms with Crippen LogP contribution in [0.2, 0.25) is 0 Å². The van der Waals surface area contributed by atoms with Gasteiger partial charge in [-0.15, -0.1) is 0 Å². The minimum absolute atomic E-state index is 0.0297. The van der Waals surface area contributed by atoms with Crippen LogP contribution in [0.1, 0.15) is 47.6 Å². The summed E-state index contributed by atoms with van der Waals surface area (Å²) >= 11 is 0. The van der Waals surface area contributed by atoms with Crippen LogP contribution in [0.5, 0.6) is 5.75 Å². The largest absolute Gasteiger partial charge is 0.508 e. The molecule has 0 aliphatic carbocycles. The number of benzene rings is 3. The molecule has 3 aromatic rings. The molecule has 3 heteroatoms. The van der Waals surface area contributed by atoms with Crippen molar-refractivity contribution in [3.05, 3.63) is 101 Å². The second kappa shape index (κ2) is 9.36. The van der Waals surface area contributed by atoms with Crippen LogP contribution < -0.4 is 5.32 Å². The molecule has 0 saturated carbocycles. The zero-order valence-corrected chi connectivity index (χ0v) is 15.7. The van der Waals surface area contributed by atoms with Crippen molar-refractivity contribution in [2.75, 3.05) is 6.54 Å². The highest BCUT2D eigenvalue weighted by atomic mass is 16.3. The molecular weight excluding hydrogens is 334 g/mol. The Morgan fingerprint density at radius 3 is 2.11 bits per heavy atom. The van der Waals surface area contributed by atoms with Gasteiger partial charge in [-0.25, -0.2) is 0 Å². The standard InChI is InChI=1S/C24H27NO2/c1-18(20-8-4-2-5-9-20)25-15-14-22(21-10-6-3-7-11-21)23-16-19(17-26)12-13-24(23)27/h2-13,16,18,22,25-27H,14-15,17H2,1H3/t18-,22-/m1/s1. The van der Waals surface area contributed by atoms with Crippen LogP contribution in [0.4, 0.5) is 0 Å². The van der Waals surface area contributed by atoms with Crippen molar-refractivity contribution in [3.8, 4) is 5.75 Å². The summed E-state index contributed by atoms with van der Waals surface area (Å²) in [5.41, 5.74) is 4.10. The molecule has 0 unspecified atom stereocenters. The van der Waals surface area contributed by atoms with E-state index in [1.54, 1.807) is 12.1 Å². The first-order valence-corrected chi connectivity index (χ1v) is 9.45. The van der Waals surface area contributed by atoms with Crippen molar-refractivity contribution >= 4 is 0 Å². The molecule has 140 valence electrons. The van der Waals surface area contributed by atoms with Crippen molar-refractivity contribution in [2.24, 2.45) is 0 Å². The van der Waals surface area contributed by atoms with Gasteiger partial charge in [-0.3, -0.25) is 0 Å². The summed E-state index contributed by atoms with van der Waals surface area (Å²) in [6.07, 6.45) is 0.851. The molecule has 0 amide bonds. The molecule has 3 nitrogen and oxygen atoms in total. The average molecular weight is 361 g/mol. The van der Waals surface area contributed by atoms with Gasteiger partial charge in [0.25, 0.3) is 0 Å². The molecule has 0 aliphatic rings. The molecule has 0 radical (unpaired) electrons. The van der Waals surface area contributed by atoms with E-state index in [2.05, 4.69) is 48.6 Å². The maximum Gasteiger partial charge on any atom is 0.119 e. The van der Waals surface area contributed by atoms with Gasteiger partial charge in [-0.1, -0.05) is 66.7 Å². The number of aromatic hydroxyl groups is 1. The Hall–Kier alpha value is -2.62. The van der Waals surface area contributed by atoms with E-state index in [1.165, 1.54) is 5.56 Å². The Kier molecular flexibility index (Phi) is 6.64. The van der Waals surface area contributed by atoms with Gasteiger partial charge in [0.05, 0.1) is 6.61 Å². The monoisotopic (exact) mass is 361 g/mol. The number of rotatable bonds is 8. The van der Waals surface area contributed by atoms with Gasteiger partial charge < -0.3 is 15.5 Å². The zero-order valence-electron chi connectivity index (χ0n) is 15.7. The molecule has 0 spiro atoms. The maximum atomic E-state index is 10.4. The third-order valence-electron chi connectivity index (χ3n) is 5.03. The Morgan fingerprint density at radius 2 is 1.48 bits per heavy atom. The predicted octanol–water partition coefficient (Wildman–Crippen LogP) is 4.76. The summed E-state index contributed by atoms with van der Waals surface area (Å²) in [4.78, 5) is 0.